The Kier molecular flexibility index (Phi) is 7.36. The fourth-order valence-corrected chi connectivity index (χ4v) is 3.94. The lowest BCUT2D eigenvalue weighted by molar-refractivity contribution is -0.275. The number of halogens is 9. The molecule has 1 N–H and O–H groups in total. The van der Waals surface area contributed by atoms with Gasteiger partial charge in [-0.05, 0) is 48.4 Å². The highest BCUT2D eigenvalue weighted by Crippen LogP contribution is 2.49. The maximum atomic E-state index is 14.1. The second-order valence-corrected chi connectivity index (χ2v) is 8.94. The fourth-order valence-electron chi connectivity index (χ4n) is 3.34. The SMILES string of the molecule is Cc1cc(C2=NOC(c3cc(Cl)cc(Cl)c3)(C(F)(F)F)C2)ccc1C(=O)NCC(Cl)C(F)(F)F. The number of nitrogens with zero attached hydrogens (tertiary/aromatic N) is 1. The van der Waals surface area contributed by atoms with Gasteiger partial charge in [0.1, 0.15) is 5.38 Å². The highest BCUT2D eigenvalue weighted by Gasteiger charge is 2.62. The normalized spacial score (nSPS) is 19.4. The smallest absolute Gasteiger partial charge is 0.374 e. The second kappa shape index (κ2) is 9.47. The molecule has 1 amide bonds. The number of nitrogens with one attached hydrogen (secondary N) is 1. The van der Waals surface area contributed by atoms with E-state index in [1.807, 2.05) is 0 Å². The topological polar surface area (TPSA) is 50.7 Å². The van der Waals surface area contributed by atoms with Crippen LogP contribution in [0.15, 0.2) is 41.6 Å². The largest absolute Gasteiger partial charge is 0.435 e. The first-order valence-electron chi connectivity index (χ1n) is 9.52. The van der Waals surface area contributed by atoms with E-state index >= 15 is 0 Å². The number of oxime groups is 1. The van der Waals surface area contributed by atoms with Crippen molar-refractivity contribution in [1.29, 1.82) is 0 Å². The molecule has 0 fully saturated rings. The molecule has 1 heterocycles. The summed E-state index contributed by atoms with van der Waals surface area (Å²) in [6, 6.07) is 7.43. The van der Waals surface area contributed by atoms with Crippen LogP contribution in [0.4, 0.5) is 26.3 Å². The summed E-state index contributed by atoms with van der Waals surface area (Å²) >= 11 is 17.0. The van der Waals surface area contributed by atoms with Crippen LogP contribution in [0, 0.1) is 6.92 Å². The number of aryl methyl sites for hydroxylation is 1. The molecule has 34 heavy (non-hydrogen) atoms. The first-order chi connectivity index (χ1) is 15.6. The van der Waals surface area contributed by atoms with E-state index in [0.717, 1.165) is 12.1 Å². The standard InChI is InChI=1S/C21H15Cl3F6N2O2/c1-10-4-11(2-3-15(10)18(33)31-9-17(24)20(25,26)27)16-8-19(34-32-16,21(28,29)30)12-5-13(22)7-14(23)6-12/h2-7,17H,8-9H2,1H3,(H,31,33). The lowest BCUT2D eigenvalue weighted by Gasteiger charge is -2.29. The summed E-state index contributed by atoms with van der Waals surface area (Å²) in [5, 5.41) is 3.42. The van der Waals surface area contributed by atoms with Crippen molar-refractivity contribution in [3.8, 4) is 0 Å². The summed E-state index contributed by atoms with van der Waals surface area (Å²) < 4.78 is 79.9. The van der Waals surface area contributed by atoms with Crippen LogP contribution >= 0.6 is 34.8 Å². The average molecular weight is 548 g/mol. The van der Waals surface area contributed by atoms with Gasteiger partial charge >= 0.3 is 12.4 Å². The third-order valence-electron chi connectivity index (χ3n) is 5.12. The molecule has 1 aliphatic heterocycles. The third-order valence-corrected chi connectivity index (χ3v) is 5.95. The first-order valence-corrected chi connectivity index (χ1v) is 10.7. The van der Waals surface area contributed by atoms with E-state index in [4.69, 9.17) is 39.6 Å². The van der Waals surface area contributed by atoms with E-state index in [0.29, 0.717) is 5.56 Å². The fraction of sp³-hybridized carbons (Fsp3) is 0.333. The molecule has 0 saturated carbocycles. The van der Waals surface area contributed by atoms with E-state index in [1.165, 1.54) is 31.2 Å². The zero-order valence-corrected chi connectivity index (χ0v) is 19.4. The average Bonchev–Trinajstić information content (AvgIpc) is 3.17. The van der Waals surface area contributed by atoms with E-state index < -0.39 is 42.2 Å². The van der Waals surface area contributed by atoms with Crippen molar-refractivity contribution in [2.24, 2.45) is 5.16 Å². The van der Waals surface area contributed by atoms with Crippen molar-refractivity contribution < 1.29 is 36.0 Å². The quantitative estimate of drug-likeness (QED) is 0.331. The van der Waals surface area contributed by atoms with Crippen LogP contribution < -0.4 is 5.32 Å². The van der Waals surface area contributed by atoms with E-state index in [-0.39, 0.29) is 32.4 Å². The predicted octanol–water partition coefficient (Wildman–Crippen LogP) is 6.78. The van der Waals surface area contributed by atoms with Crippen molar-refractivity contribution in [3.63, 3.8) is 0 Å². The van der Waals surface area contributed by atoms with Gasteiger partial charge in [0.15, 0.2) is 0 Å². The van der Waals surface area contributed by atoms with Crippen LogP contribution in [0.3, 0.4) is 0 Å². The van der Waals surface area contributed by atoms with Crippen LogP contribution in [0.1, 0.15) is 33.5 Å². The number of carbonyl (C=O) groups excluding carboxylic acids is 1. The Hall–Kier alpha value is -2.17. The van der Waals surface area contributed by atoms with Gasteiger partial charge in [-0.2, -0.15) is 26.3 Å². The van der Waals surface area contributed by atoms with E-state index in [1.54, 1.807) is 0 Å². The molecular weight excluding hydrogens is 533 g/mol. The molecule has 0 spiro atoms. The second-order valence-electron chi connectivity index (χ2n) is 7.54. The molecule has 0 bridgehead atoms. The summed E-state index contributed by atoms with van der Waals surface area (Å²) in [6.45, 7) is 0.631. The number of rotatable bonds is 5. The Morgan fingerprint density at radius 2 is 1.74 bits per heavy atom. The Labute approximate surface area is 204 Å². The zero-order chi connectivity index (χ0) is 25.5. The van der Waals surface area contributed by atoms with E-state index in [2.05, 4.69) is 10.5 Å². The highest BCUT2D eigenvalue weighted by molar-refractivity contribution is 6.34. The monoisotopic (exact) mass is 546 g/mol. The van der Waals surface area contributed by atoms with Gasteiger partial charge in [-0.15, -0.1) is 11.6 Å². The lowest BCUT2D eigenvalue weighted by atomic mass is 9.86. The van der Waals surface area contributed by atoms with Crippen LogP contribution in [-0.4, -0.2) is 35.9 Å². The molecule has 0 aromatic heterocycles. The Morgan fingerprint density at radius 1 is 1.12 bits per heavy atom. The van der Waals surface area contributed by atoms with Gasteiger partial charge in [-0.25, -0.2) is 0 Å². The molecule has 2 unspecified atom stereocenters. The summed E-state index contributed by atoms with van der Waals surface area (Å²) in [5.41, 5.74) is -2.65. The summed E-state index contributed by atoms with van der Waals surface area (Å²) in [7, 11) is 0. The van der Waals surface area contributed by atoms with Gasteiger partial charge in [0.2, 0.25) is 0 Å². The van der Waals surface area contributed by atoms with Crippen molar-refractivity contribution in [2.45, 2.75) is 36.7 Å². The molecule has 0 aliphatic carbocycles. The number of benzene rings is 2. The molecule has 4 nitrogen and oxygen atoms in total. The van der Waals surface area contributed by atoms with Crippen LogP contribution in [-0.2, 0) is 10.4 Å². The number of alkyl halides is 7. The minimum Gasteiger partial charge on any atom is -0.374 e. The Balaban J connectivity index is 1.83. The maximum Gasteiger partial charge on any atom is 0.435 e. The minimum absolute atomic E-state index is 0.0147. The predicted molar refractivity (Wildman–Crippen MR) is 116 cm³/mol. The third kappa shape index (κ3) is 5.39. The van der Waals surface area contributed by atoms with Crippen molar-refractivity contribution in [1.82, 2.24) is 5.32 Å². The molecule has 1 aliphatic rings. The highest BCUT2D eigenvalue weighted by atomic mass is 35.5. The van der Waals surface area contributed by atoms with Crippen molar-refractivity contribution in [3.05, 3.63) is 68.7 Å². The number of hydrogen-bond donors (Lipinski definition) is 1. The van der Waals surface area contributed by atoms with Gasteiger partial charge in [0.05, 0.1) is 5.71 Å². The number of carbonyl (C=O) groups is 1. The molecular formula is C21H15Cl3F6N2O2. The maximum absolute atomic E-state index is 14.1. The molecule has 3 rings (SSSR count). The van der Waals surface area contributed by atoms with Gasteiger partial charge < -0.3 is 10.2 Å². The Bertz CT molecular complexity index is 1120. The first kappa shape index (κ1) is 26.4. The summed E-state index contributed by atoms with van der Waals surface area (Å²) in [6.07, 6.45) is -10.3. The molecule has 2 aromatic carbocycles. The van der Waals surface area contributed by atoms with Gasteiger partial charge in [0.25, 0.3) is 11.5 Å². The summed E-state index contributed by atoms with van der Waals surface area (Å²) in [5.74, 6) is -0.818. The van der Waals surface area contributed by atoms with E-state index in [9.17, 15) is 31.1 Å². The van der Waals surface area contributed by atoms with Crippen molar-refractivity contribution >= 4 is 46.4 Å². The molecule has 184 valence electrons. The van der Waals surface area contributed by atoms with Gasteiger partial charge in [-0.3, -0.25) is 4.79 Å². The van der Waals surface area contributed by atoms with Crippen LogP contribution in [0.5, 0.6) is 0 Å². The molecule has 2 aromatic rings. The molecule has 13 heteroatoms. The zero-order valence-electron chi connectivity index (χ0n) is 17.1. The van der Waals surface area contributed by atoms with Crippen LogP contribution in [0.2, 0.25) is 10.0 Å². The lowest BCUT2D eigenvalue weighted by Crippen LogP contribution is -2.42. The van der Waals surface area contributed by atoms with Gasteiger partial charge in [0, 0.05) is 34.1 Å². The summed E-state index contributed by atoms with van der Waals surface area (Å²) in [4.78, 5) is 17.2. The molecule has 0 radical (unpaired) electrons. The van der Waals surface area contributed by atoms with Crippen LogP contribution in [0.25, 0.3) is 0 Å². The van der Waals surface area contributed by atoms with Gasteiger partial charge in [-0.1, -0.05) is 34.4 Å². The Morgan fingerprint density at radius 3 is 2.26 bits per heavy atom. The number of hydrogen-bond acceptors (Lipinski definition) is 3. The molecule has 2 atom stereocenters. The van der Waals surface area contributed by atoms with Crippen molar-refractivity contribution in [2.75, 3.05) is 6.54 Å². The molecule has 0 saturated heterocycles. The minimum atomic E-state index is -4.88. The number of amides is 1.